The molecule has 1 aromatic heterocycles. The van der Waals surface area contributed by atoms with Crippen LogP contribution in [0.4, 0.5) is 11.9 Å². The summed E-state index contributed by atoms with van der Waals surface area (Å²) >= 11 is 5.78. The molecule has 8 heteroatoms. The molecule has 100 valence electrons. The number of nitrogens with two attached hydrogens (primary N) is 1. The Bertz CT molecular complexity index is 384. The molecule has 1 aliphatic heterocycles. The molecule has 1 aromatic rings. The van der Waals surface area contributed by atoms with Crippen molar-refractivity contribution in [1.29, 1.82) is 0 Å². The Morgan fingerprint density at radius 1 is 1.17 bits per heavy atom. The Hall–Kier alpha value is -1.18. The van der Waals surface area contributed by atoms with Gasteiger partial charge in [-0.2, -0.15) is 15.0 Å². The lowest BCUT2D eigenvalue weighted by atomic mass is 10.4. The van der Waals surface area contributed by atoms with Gasteiger partial charge in [-0.05, 0) is 24.6 Å². The van der Waals surface area contributed by atoms with Gasteiger partial charge in [0.05, 0.1) is 6.61 Å². The predicted molar refractivity (Wildman–Crippen MR) is 69.6 cm³/mol. The zero-order valence-corrected chi connectivity index (χ0v) is 10.8. The minimum absolute atomic E-state index is 0.119. The first kappa shape index (κ1) is 13.3. The SMILES string of the molecule is Nc1nc(Cl)nc(N2CCCN(CCO)CC2)n1. The summed E-state index contributed by atoms with van der Waals surface area (Å²) in [6.45, 7) is 4.36. The number of nitrogens with zero attached hydrogens (tertiary/aromatic N) is 5. The maximum absolute atomic E-state index is 8.94. The van der Waals surface area contributed by atoms with Crippen molar-refractivity contribution in [3.63, 3.8) is 0 Å². The van der Waals surface area contributed by atoms with E-state index in [4.69, 9.17) is 22.4 Å². The molecular weight excluding hydrogens is 256 g/mol. The van der Waals surface area contributed by atoms with Crippen molar-refractivity contribution in [3.05, 3.63) is 5.28 Å². The van der Waals surface area contributed by atoms with Gasteiger partial charge in [-0.1, -0.05) is 0 Å². The third-order valence-electron chi connectivity index (χ3n) is 2.90. The molecule has 0 amide bonds. The zero-order chi connectivity index (χ0) is 13.0. The molecule has 1 aliphatic rings. The van der Waals surface area contributed by atoms with Gasteiger partial charge in [-0.15, -0.1) is 0 Å². The lowest BCUT2D eigenvalue weighted by Gasteiger charge is -2.21. The molecule has 0 spiro atoms. The number of halogens is 1. The van der Waals surface area contributed by atoms with Crippen molar-refractivity contribution in [2.45, 2.75) is 6.42 Å². The Labute approximate surface area is 111 Å². The van der Waals surface area contributed by atoms with E-state index >= 15 is 0 Å². The molecule has 0 radical (unpaired) electrons. The summed E-state index contributed by atoms with van der Waals surface area (Å²) in [5.41, 5.74) is 5.56. The van der Waals surface area contributed by atoms with E-state index in [1.54, 1.807) is 0 Å². The fourth-order valence-corrected chi connectivity index (χ4v) is 2.19. The molecular formula is C10H17ClN6O. The van der Waals surface area contributed by atoms with E-state index in [-0.39, 0.29) is 17.8 Å². The fraction of sp³-hybridized carbons (Fsp3) is 0.700. The molecule has 0 bridgehead atoms. The summed E-state index contributed by atoms with van der Waals surface area (Å²) < 4.78 is 0. The van der Waals surface area contributed by atoms with Gasteiger partial charge in [-0.25, -0.2) is 0 Å². The minimum Gasteiger partial charge on any atom is -0.395 e. The van der Waals surface area contributed by atoms with Crippen LogP contribution in [-0.2, 0) is 0 Å². The molecule has 1 fully saturated rings. The van der Waals surface area contributed by atoms with Gasteiger partial charge >= 0.3 is 0 Å². The first-order valence-electron chi connectivity index (χ1n) is 5.94. The Morgan fingerprint density at radius 2 is 2.00 bits per heavy atom. The van der Waals surface area contributed by atoms with Gasteiger partial charge in [0.25, 0.3) is 0 Å². The highest BCUT2D eigenvalue weighted by molar-refractivity contribution is 6.28. The van der Waals surface area contributed by atoms with Gasteiger partial charge in [-0.3, -0.25) is 4.90 Å². The Balaban J connectivity index is 2.05. The second-order valence-electron chi connectivity index (χ2n) is 4.17. The molecule has 1 saturated heterocycles. The lowest BCUT2D eigenvalue weighted by Crippen LogP contribution is -2.33. The second-order valence-corrected chi connectivity index (χ2v) is 4.51. The van der Waals surface area contributed by atoms with E-state index in [1.807, 2.05) is 4.90 Å². The molecule has 7 nitrogen and oxygen atoms in total. The van der Waals surface area contributed by atoms with E-state index in [9.17, 15) is 0 Å². The number of aromatic nitrogens is 3. The van der Waals surface area contributed by atoms with Crippen molar-refractivity contribution >= 4 is 23.5 Å². The van der Waals surface area contributed by atoms with Crippen molar-refractivity contribution in [3.8, 4) is 0 Å². The number of aliphatic hydroxyl groups is 1. The molecule has 0 unspecified atom stereocenters. The van der Waals surface area contributed by atoms with Gasteiger partial charge in [0, 0.05) is 26.2 Å². The number of nitrogen functional groups attached to an aromatic ring is 1. The van der Waals surface area contributed by atoms with Gasteiger partial charge < -0.3 is 15.7 Å². The quantitative estimate of drug-likeness (QED) is 0.774. The van der Waals surface area contributed by atoms with Crippen LogP contribution in [0.1, 0.15) is 6.42 Å². The smallest absolute Gasteiger partial charge is 0.231 e. The van der Waals surface area contributed by atoms with Crippen LogP contribution >= 0.6 is 11.6 Å². The molecule has 0 aromatic carbocycles. The monoisotopic (exact) mass is 272 g/mol. The van der Waals surface area contributed by atoms with Crippen LogP contribution in [0, 0.1) is 0 Å². The van der Waals surface area contributed by atoms with E-state index < -0.39 is 0 Å². The summed E-state index contributed by atoms with van der Waals surface area (Å²) in [7, 11) is 0. The van der Waals surface area contributed by atoms with Crippen molar-refractivity contribution in [1.82, 2.24) is 19.9 Å². The molecule has 2 heterocycles. The van der Waals surface area contributed by atoms with E-state index in [0.717, 1.165) is 32.6 Å². The summed E-state index contributed by atoms with van der Waals surface area (Å²) in [5.74, 6) is 0.666. The molecule has 0 aliphatic carbocycles. The molecule has 2 rings (SSSR count). The summed E-state index contributed by atoms with van der Waals surface area (Å²) in [6, 6.07) is 0. The third kappa shape index (κ3) is 3.41. The summed E-state index contributed by atoms with van der Waals surface area (Å²) in [4.78, 5) is 16.2. The van der Waals surface area contributed by atoms with Gasteiger partial charge in [0.15, 0.2) is 0 Å². The number of rotatable bonds is 3. The van der Waals surface area contributed by atoms with Crippen LogP contribution in [0.2, 0.25) is 5.28 Å². The normalized spacial score (nSPS) is 17.8. The Morgan fingerprint density at radius 3 is 2.72 bits per heavy atom. The molecule has 0 saturated carbocycles. The van der Waals surface area contributed by atoms with Crippen LogP contribution in [0.25, 0.3) is 0 Å². The maximum atomic E-state index is 8.94. The first-order valence-corrected chi connectivity index (χ1v) is 6.32. The minimum atomic E-state index is 0.119. The van der Waals surface area contributed by atoms with Crippen molar-refractivity contribution in [2.24, 2.45) is 0 Å². The topological polar surface area (TPSA) is 91.4 Å². The van der Waals surface area contributed by atoms with Crippen molar-refractivity contribution < 1.29 is 5.11 Å². The van der Waals surface area contributed by atoms with Crippen LogP contribution in [0.5, 0.6) is 0 Å². The number of aliphatic hydroxyl groups excluding tert-OH is 1. The van der Waals surface area contributed by atoms with E-state index in [0.29, 0.717) is 12.5 Å². The number of anilines is 2. The molecule has 0 atom stereocenters. The lowest BCUT2D eigenvalue weighted by molar-refractivity contribution is 0.204. The molecule has 3 N–H and O–H groups in total. The predicted octanol–water partition coefficient (Wildman–Crippen LogP) is -0.388. The fourth-order valence-electron chi connectivity index (χ4n) is 2.03. The van der Waals surface area contributed by atoms with Crippen LogP contribution in [0.3, 0.4) is 0 Å². The summed E-state index contributed by atoms with van der Waals surface area (Å²) in [5, 5.41) is 9.06. The highest BCUT2D eigenvalue weighted by atomic mass is 35.5. The average Bonchev–Trinajstić information content (AvgIpc) is 2.54. The second kappa shape index (κ2) is 6.12. The van der Waals surface area contributed by atoms with Crippen molar-refractivity contribution in [2.75, 3.05) is 50.0 Å². The molecule has 18 heavy (non-hydrogen) atoms. The van der Waals surface area contributed by atoms with E-state index in [2.05, 4.69) is 19.9 Å². The first-order chi connectivity index (χ1) is 8.69. The van der Waals surface area contributed by atoms with Crippen LogP contribution in [-0.4, -0.2) is 64.3 Å². The average molecular weight is 273 g/mol. The van der Waals surface area contributed by atoms with E-state index in [1.165, 1.54) is 0 Å². The van der Waals surface area contributed by atoms with Crippen LogP contribution < -0.4 is 10.6 Å². The number of hydrogen-bond acceptors (Lipinski definition) is 7. The zero-order valence-electron chi connectivity index (χ0n) is 10.1. The highest BCUT2D eigenvalue weighted by Gasteiger charge is 2.17. The number of β-amino-alcohol motifs (C(OH)–C–C–N with tert-alkyl or cyclic N) is 1. The Kier molecular flexibility index (Phi) is 4.51. The highest BCUT2D eigenvalue weighted by Crippen LogP contribution is 2.14. The maximum Gasteiger partial charge on any atom is 0.231 e. The number of hydrogen-bond donors (Lipinski definition) is 2. The third-order valence-corrected chi connectivity index (χ3v) is 3.07. The van der Waals surface area contributed by atoms with Gasteiger partial charge in [0.2, 0.25) is 17.2 Å². The largest absolute Gasteiger partial charge is 0.395 e. The van der Waals surface area contributed by atoms with Gasteiger partial charge in [0.1, 0.15) is 0 Å². The summed E-state index contributed by atoms with van der Waals surface area (Å²) in [6.07, 6.45) is 0.989. The standard InChI is InChI=1S/C10H17ClN6O/c11-8-13-9(12)15-10(14-8)17-3-1-2-16(4-5-17)6-7-18/h18H,1-7H2,(H2,12,13,14,15). The van der Waals surface area contributed by atoms with Crippen LogP contribution in [0.15, 0.2) is 0 Å².